The number of hydrogen-bond acceptors (Lipinski definition) is 6. The molecule has 8 nitrogen and oxygen atoms in total. The number of hydrogen-bond donors (Lipinski definition) is 1. The van der Waals surface area contributed by atoms with Crippen LogP contribution in [0.2, 0.25) is 0 Å². The Labute approximate surface area is 320 Å². The number of unbranched alkanes of at least 4 members (excludes halogenated alkanes) is 23. The average Bonchev–Trinajstić information content (AvgIpc) is 3.09. The van der Waals surface area contributed by atoms with Crippen molar-refractivity contribution in [3.63, 3.8) is 0 Å². The van der Waals surface area contributed by atoms with Crippen LogP contribution >= 0.6 is 0 Å². The van der Waals surface area contributed by atoms with Crippen molar-refractivity contribution >= 4 is 17.9 Å². The number of carboxylic acid groups (broad SMARTS) is 1. The average molecular weight is 739 g/mol. The second-order valence-electron chi connectivity index (χ2n) is 16.0. The van der Waals surface area contributed by atoms with Crippen molar-refractivity contribution in [2.75, 3.05) is 41.0 Å². The Kier molecular flexibility index (Phi) is 34.7. The number of esters is 2. The van der Waals surface area contributed by atoms with Gasteiger partial charge in [-0.2, -0.15) is 0 Å². The molecule has 0 aliphatic heterocycles. The minimum atomic E-state index is -0.878. The van der Waals surface area contributed by atoms with E-state index < -0.39 is 18.1 Å². The molecular weight excluding hydrogens is 654 g/mol. The minimum Gasteiger partial charge on any atom is -0.477 e. The van der Waals surface area contributed by atoms with Gasteiger partial charge in [0, 0.05) is 19.3 Å². The lowest BCUT2D eigenvalue weighted by Crippen LogP contribution is -2.50. The van der Waals surface area contributed by atoms with Crippen molar-refractivity contribution in [3.05, 3.63) is 12.2 Å². The SMILES string of the molecule is CCCCCC/C=C/CCC(=O)OC(COCCC(C(=O)O)[N+](C)(C)C)COC(=O)CCCCCCCCCCCCCCCCCCCCCC. The number of carbonyl (C=O) groups is 3. The van der Waals surface area contributed by atoms with Crippen molar-refractivity contribution in [2.45, 2.75) is 212 Å². The second kappa shape index (κ2) is 36.1. The van der Waals surface area contributed by atoms with Crippen LogP contribution in [0.3, 0.4) is 0 Å². The standard InChI is InChI=1S/C44H83NO7/c1-6-8-10-12-14-16-17-18-19-20-21-22-23-24-25-26-27-29-30-32-34-42(46)51-39-40(38-50-37-36-41(44(48)49)45(3,4)5)52-43(47)35-33-31-28-15-13-11-9-7-2/h28,31,40-41H,6-27,29-30,32-39H2,1-5H3/p+1/b31-28+. The predicted octanol–water partition coefficient (Wildman–Crippen LogP) is 11.5. The van der Waals surface area contributed by atoms with Crippen LogP contribution in [0.25, 0.3) is 0 Å². The van der Waals surface area contributed by atoms with Crippen molar-refractivity contribution in [1.82, 2.24) is 0 Å². The Morgan fingerprint density at radius 3 is 1.46 bits per heavy atom. The maximum Gasteiger partial charge on any atom is 0.362 e. The van der Waals surface area contributed by atoms with Gasteiger partial charge in [-0.1, -0.05) is 167 Å². The molecule has 0 aliphatic carbocycles. The fourth-order valence-electron chi connectivity index (χ4n) is 6.52. The Balaban J connectivity index is 4.17. The summed E-state index contributed by atoms with van der Waals surface area (Å²) in [6.07, 6.45) is 37.1. The number of aliphatic carboxylic acids is 1. The number of carboxylic acids is 1. The zero-order chi connectivity index (χ0) is 38.5. The zero-order valence-corrected chi connectivity index (χ0v) is 34.8. The van der Waals surface area contributed by atoms with E-state index in [1.54, 1.807) is 0 Å². The van der Waals surface area contributed by atoms with Crippen LogP contribution in [0.4, 0.5) is 0 Å². The highest BCUT2D eigenvalue weighted by molar-refractivity contribution is 5.72. The molecule has 0 heterocycles. The topological polar surface area (TPSA) is 99.1 Å². The van der Waals surface area contributed by atoms with Gasteiger partial charge < -0.3 is 23.8 Å². The number of likely N-dealkylation sites (N-methyl/N-ethyl adjacent to an activating group) is 1. The quantitative estimate of drug-likeness (QED) is 0.0290. The highest BCUT2D eigenvalue weighted by Gasteiger charge is 2.31. The Hall–Kier alpha value is -1.93. The van der Waals surface area contributed by atoms with Crippen LogP contribution in [-0.2, 0) is 28.6 Å². The molecule has 2 atom stereocenters. The molecule has 0 aromatic carbocycles. The van der Waals surface area contributed by atoms with Crippen LogP contribution in [0.5, 0.6) is 0 Å². The first-order chi connectivity index (χ1) is 25.1. The molecule has 52 heavy (non-hydrogen) atoms. The lowest BCUT2D eigenvalue weighted by Gasteiger charge is -2.31. The van der Waals surface area contributed by atoms with Crippen LogP contribution < -0.4 is 0 Å². The minimum absolute atomic E-state index is 0.0507. The first kappa shape index (κ1) is 50.1. The molecule has 1 N–H and O–H groups in total. The zero-order valence-electron chi connectivity index (χ0n) is 34.8. The molecule has 0 bridgehead atoms. The Bertz CT molecular complexity index is 869. The summed E-state index contributed by atoms with van der Waals surface area (Å²) in [5, 5.41) is 9.58. The number of ether oxygens (including phenoxy) is 3. The van der Waals surface area contributed by atoms with E-state index in [4.69, 9.17) is 14.2 Å². The van der Waals surface area contributed by atoms with E-state index in [0.29, 0.717) is 19.3 Å². The summed E-state index contributed by atoms with van der Waals surface area (Å²) in [6.45, 7) is 4.67. The van der Waals surface area contributed by atoms with Gasteiger partial charge in [0.1, 0.15) is 6.61 Å². The summed E-state index contributed by atoms with van der Waals surface area (Å²) >= 11 is 0. The Morgan fingerprint density at radius 2 is 1.00 bits per heavy atom. The predicted molar refractivity (Wildman–Crippen MR) is 215 cm³/mol. The molecule has 0 saturated carbocycles. The molecule has 0 aromatic heterocycles. The maximum atomic E-state index is 12.6. The number of carbonyl (C=O) groups excluding carboxylic acids is 2. The fraction of sp³-hybridized carbons (Fsp3) is 0.886. The summed E-state index contributed by atoms with van der Waals surface area (Å²) in [4.78, 5) is 36.7. The van der Waals surface area contributed by atoms with Gasteiger partial charge in [0.15, 0.2) is 12.1 Å². The largest absolute Gasteiger partial charge is 0.477 e. The molecule has 0 aromatic rings. The number of allylic oxidation sites excluding steroid dienone is 2. The van der Waals surface area contributed by atoms with Crippen molar-refractivity contribution in [2.24, 2.45) is 0 Å². The monoisotopic (exact) mass is 739 g/mol. The smallest absolute Gasteiger partial charge is 0.362 e. The van der Waals surface area contributed by atoms with E-state index in [0.717, 1.165) is 32.1 Å². The van der Waals surface area contributed by atoms with Crippen LogP contribution in [0, 0.1) is 0 Å². The van der Waals surface area contributed by atoms with Crippen molar-refractivity contribution < 1.29 is 38.2 Å². The summed E-state index contributed by atoms with van der Waals surface area (Å²) in [7, 11) is 5.51. The van der Waals surface area contributed by atoms with Gasteiger partial charge in [0.25, 0.3) is 0 Å². The summed E-state index contributed by atoms with van der Waals surface area (Å²) in [6, 6.07) is -0.614. The van der Waals surface area contributed by atoms with E-state index in [1.807, 2.05) is 27.2 Å². The van der Waals surface area contributed by atoms with E-state index in [-0.39, 0.29) is 42.7 Å². The molecule has 0 spiro atoms. The van der Waals surface area contributed by atoms with Gasteiger partial charge in [0.2, 0.25) is 0 Å². The maximum absolute atomic E-state index is 12.6. The van der Waals surface area contributed by atoms with E-state index in [9.17, 15) is 19.5 Å². The van der Waals surface area contributed by atoms with Gasteiger partial charge >= 0.3 is 17.9 Å². The lowest BCUT2D eigenvalue weighted by molar-refractivity contribution is -0.887. The van der Waals surface area contributed by atoms with Gasteiger partial charge in [0.05, 0.1) is 34.4 Å². The summed E-state index contributed by atoms with van der Waals surface area (Å²) in [5.74, 6) is -1.52. The van der Waals surface area contributed by atoms with Crippen LogP contribution in [0.15, 0.2) is 12.2 Å². The molecule has 8 heteroatoms. The number of rotatable bonds is 39. The molecule has 2 unspecified atom stereocenters. The second-order valence-corrected chi connectivity index (χ2v) is 16.0. The first-order valence-electron chi connectivity index (χ1n) is 21.7. The van der Waals surface area contributed by atoms with Gasteiger partial charge in [-0.15, -0.1) is 0 Å². The molecule has 0 radical (unpaired) electrons. The molecule has 0 amide bonds. The van der Waals surface area contributed by atoms with Gasteiger partial charge in [-0.05, 0) is 25.7 Å². The number of nitrogens with zero attached hydrogens (tertiary/aromatic N) is 1. The molecular formula is C44H84NO7+. The van der Waals surface area contributed by atoms with E-state index >= 15 is 0 Å². The van der Waals surface area contributed by atoms with Crippen molar-refractivity contribution in [3.8, 4) is 0 Å². The molecule has 0 rings (SSSR count). The van der Waals surface area contributed by atoms with E-state index in [1.165, 1.54) is 128 Å². The van der Waals surface area contributed by atoms with Crippen molar-refractivity contribution in [1.29, 1.82) is 0 Å². The molecule has 0 saturated heterocycles. The normalized spacial score (nSPS) is 13.0. The molecule has 0 aliphatic rings. The highest BCUT2D eigenvalue weighted by atomic mass is 16.6. The number of quaternary nitrogens is 1. The van der Waals surface area contributed by atoms with Gasteiger partial charge in [-0.3, -0.25) is 9.59 Å². The third kappa shape index (κ3) is 33.9. The Morgan fingerprint density at radius 1 is 0.558 bits per heavy atom. The van der Waals surface area contributed by atoms with Crippen LogP contribution in [-0.4, -0.2) is 80.6 Å². The van der Waals surface area contributed by atoms with E-state index in [2.05, 4.69) is 19.9 Å². The first-order valence-corrected chi connectivity index (χ1v) is 21.7. The van der Waals surface area contributed by atoms with Gasteiger partial charge in [-0.25, -0.2) is 4.79 Å². The summed E-state index contributed by atoms with van der Waals surface area (Å²) < 4.78 is 17.2. The summed E-state index contributed by atoms with van der Waals surface area (Å²) in [5.41, 5.74) is 0. The molecule has 306 valence electrons. The fourth-order valence-corrected chi connectivity index (χ4v) is 6.52. The van der Waals surface area contributed by atoms with Crippen LogP contribution in [0.1, 0.15) is 200 Å². The highest BCUT2D eigenvalue weighted by Crippen LogP contribution is 2.16. The third-order valence-electron chi connectivity index (χ3n) is 9.93. The lowest BCUT2D eigenvalue weighted by atomic mass is 10.0. The third-order valence-corrected chi connectivity index (χ3v) is 9.93. The molecule has 0 fully saturated rings.